The van der Waals surface area contributed by atoms with Gasteiger partial charge >= 0.3 is 5.97 Å². The zero-order valence-corrected chi connectivity index (χ0v) is 10.6. The van der Waals surface area contributed by atoms with Crippen molar-refractivity contribution in [3.63, 3.8) is 0 Å². The summed E-state index contributed by atoms with van der Waals surface area (Å²) in [5, 5.41) is 17.5. The van der Waals surface area contributed by atoms with E-state index in [1.165, 1.54) is 26.2 Å². The van der Waals surface area contributed by atoms with Crippen molar-refractivity contribution in [2.75, 3.05) is 7.11 Å². The molecule has 1 rings (SSSR count). The lowest BCUT2D eigenvalue weighted by molar-refractivity contribution is -0.147. The molecule has 18 heavy (non-hydrogen) atoms. The van der Waals surface area contributed by atoms with Crippen LogP contribution in [0.15, 0.2) is 18.2 Å². The molecule has 2 atom stereocenters. The number of carboxylic acid groups (broad SMARTS) is 1. The fourth-order valence-electron chi connectivity index (χ4n) is 1.60. The average Bonchev–Trinajstić information content (AvgIpc) is 2.35. The molecule has 0 aliphatic heterocycles. The first-order chi connectivity index (χ1) is 8.40. The van der Waals surface area contributed by atoms with Crippen LogP contribution in [0.3, 0.4) is 0 Å². The lowest BCUT2D eigenvalue weighted by Gasteiger charge is -2.18. The van der Waals surface area contributed by atoms with E-state index in [9.17, 15) is 14.7 Å². The Labute approximate surface area is 109 Å². The van der Waals surface area contributed by atoms with Crippen molar-refractivity contribution < 1.29 is 24.5 Å². The molecule has 0 fully saturated rings. The lowest BCUT2D eigenvalue weighted by atomic mass is 9.97. The van der Waals surface area contributed by atoms with Gasteiger partial charge in [0.2, 0.25) is 0 Å². The van der Waals surface area contributed by atoms with Gasteiger partial charge < -0.3 is 14.9 Å². The number of ether oxygens (including phenoxy) is 1. The van der Waals surface area contributed by atoms with Gasteiger partial charge in [0.15, 0.2) is 11.9 Å². The van der Waals surface area contributed by atoms with E-state index in [0.29, 0.717) is 0 Å². The van der Waals surface area contributed by atoms with Gasteiger partial charge in [0.1, 0.15) is 11.1 Å². The number of ketones is 1. The number of aliphatic hydroxyl groups excluding tert-OH is 1. The molecule has 2 unspecified atom stereocenters. The normalized spacial score (nSPS) is 13.8. The maximum atomic E-state index is 11.3. The number of halogens is 1. The summed E-state index contributed by atoms with van der Waals surface area (Å²) in [5.41, 5.74) is 0.237. The van der Waals surface area contributed by atoms with E-state index in [1.54, 1.807) is 6.07 Å². The van der Waals surface area contributed by atoms with E-state index in [0.717, 1.165) is 0 Å². The van der Waals surface area contributed by atoms with Crippen molar-refractivity contribution in [3.8, 4) is 5.75 Å². The molecule has 5 nitrogen and oxygen atoms in total. The fraction of sp³-hybridized carbons (Fsp3) is 0.333. The summed E-state index contributed by atoms with van der Waals surface area (Å²) in [5.74, 6) is -1.61. The highest BCUT2D eigenvalue weighted by molar-refractivity contribution is 6.31. The number of carboxylic acids is 1. The molecule has 0 spiro atoms. The van der Waals surface area contributed by atoms with Gasteiger partial charge in [-0.2, -0.15) is 0 Å². The third-order valence-corrected chi connectivity index (χ3v) is 3.00. The van der Waals surface area contributed by atoms with E-state index < -0.39 is 17.5 Å². The predicted octanol–water partition coefficient (Wildman–Crippen LogP) is 1.68. The van der Waals surface area contributed by atoms with Crippen LogP contribution in [0.5, 0.6) is 5.75 Å². The summed E-state index contributed by atoms with van der Waals surface area (Å²) in [6.07, 6.45) is -1.79. The Hall–Kier alpha value is -1.59. The standard InChI is InChI=1S/C12H13ClO5/c1-6(14)10(13)7-4-3-5-8(18-2)9(7)11(15)12(16)17/h3-5,10-11,15H,1-2H3,(H,16,17). The number of hydrogen-bond donors (Lipinski definition) is 2. The topological polar surface area (TPSA) is 83.8 Å². The predicted molar refractivity (Wildman–Crippen MR) is 64.9 cm³/mol. The number of rotatable bonds is 5. The van der Waals surface area contributed by atoms with Crippen LogP contribution < -0.4 is 4.74 Å². The number of carbonyl (C=O) groups is 2. The molecule has 0 saturated heterocycles. The zero-order chi connectivity index (χ0) is 13.9. The van der Waals surface area contributed by atoms with Gasteiger partial charge in [-0.05, 0) is 18.6 Å². The Balaban J connectivity index is 3.42. The summed E-state index contributed by atoms with van der Waals surface area (Å²) in [6, 6.07) is 4.56. The van der Waals surface area contributed by atoms with Crippen LogP contribution in [0, 0.1) is 0 Å². The Morgan fingerprint density at radius 1 is 1.39 bits per heavy atom. The summed E-state index contributed by atoms with van der Waals surface area (Å²) >= 11 is 5.91. The van der Waals surface area contributed by atoms with Crippen LogP contribution in [0.2, 0.25) is 0 Å². The third kappa shape index (κ3) is 2.80. The highest BCUT2D eigenvalue weighted by atomic mass is 35.5. The van der Waals surface area contributed by atoms with Crippen molar-refractivity contribution in [2.24, 2.45) is 0 Å². The van der Waals surface area contributed by atoms with Gasteiger partial charge in [0.25, 0.3) is 0 Å². The molecule has 1 aromatic rings. The van der Waals surface area contributed by atoms with Crippen LogP contribution in [0.25, 0.3) is 0 Å². The minimum atomic E-state index is -1.79. The minimum Gasteiger partial charge on any atom is -0.496 e. The SMILES string of the molecule is COc1cccc(C(Cl)C(C)=O)c1C(O)C(=O)O. The van der Waals surface area contributed by atoms with Gasteiger partial charge in [-0.15, -0.1) is 11.6 Å². The van der Waals surface area contributed by atoms with E-state index >= 15 is 0 Å². The molecule has 98 valence electrons. The van der Waals surface area contributed by atoms with E-state index in [2.05, 4.69) is 0 Å². The Morgan fingerprint density at radius 2 is 2.00 bits per heavy atom. The minimum absolute atomic E-state index is 0.00250. The molecule has 6 heteroatoms. The van der Waals surface area contributed by atoms with Crippen LogP contribution in [-0.4, -0.2) is 29.1 Å². The molecule has 0 aliphatic carbocycles. The van der Waals surface area contributed by atoms with Crippen LogP contribution in [0.4, 0.5) is 0 Å². The van der Waals surface area contributed by atoms with Gasteiger partial charge in [-0.3, -0.25) is 4.79 Å². The second-order valence-electron chi connectivity index (χ2n) is 3.68. The Kier molecular flexibility index (Phi) is 4.69. The van der Waals surface area contributed by atoms with E-state index in [-0.39, 0.29) is 22.7 Å². The maximum absolute atomic E-state index is 11.3. The van der Waals surface area contributed by atoms with Gasteiger partial charge in [0, 0.05) is 5.56 Å². The highest BCUT2D eigenvalue weighted by Gasteiger charge is 2.28. The zero-order valence-electron chi connectivity index (χ0n) is 9.88. The third-order valence-electron chi connectivity index (χ3n) is 2.46. The van der Waals surface area contributed by atoms with E-state index in [1.807, 2.05) is 0 Å². The molecular formula is C12H13ClO5. The quantitative estimate of drug-likeness (QED) is 0.797. The van der Waals surface area contributed by atoms with Crippen molar-refractivity contribution in [1.82, 2.24) is 0 Å². The van der Waals surface area contributed by atoms with Gasteiger partial charge in [0.05, 0.1) is 7.11 Å². The maximum Gasteiger partial charge on any atom is 0.337 e. The average molecular weight is 273 g/mol. The summed E-state index contributed by atoms with van der Waals surface area (Å²) in [7, 11) is 1.34. The number of alkyl halides is 1. The molecule has 2 N–H and O–H groups in total. The molecule has 0 aliphatic rings. The van der Waals surface area contributed by atoms with Crippen molar-refractivity contribution in [1.29, 1.82) is 0 Å². The molecule has 0 aromatic heterocycles. The molecular weight excluding hydrogens is 260 g/mol. The number of aliphatic hydroxyl groups is 1. The van der Waals surface area contributed by atoms with Crippen LogP contribution >= 0.6 is 11.6 Å². The number of methoxy groups -OCH3 is 1. The molecule has 0 saturated carbocycles. The highest BCUT2D eigenvalue weighted by Crippen LogP contribution is 2.35. The summed E-state index contributed by atoms with van der Waals surface area (Å²) < 4.78 is 4.99. The second kappa shape index (κ2) is 5.84. The van der Waals surface area contributed by atoms with Crippen molar-refractivity contribution >= 4 is 23.4 Å². The van der Waals surface area contributed by atoms with Crippen molar-refractivity contribution in [2.45, 2.75) is 18.4 Å². The number of benzene rings is 1. The largest absolute Gasteiger partial charge is 0.496 e. The Morgan fingerprint density at radius 3 is 2.44 bits per heavy atom. The van der Waals surface area contributed by atoms with Crippen molar-refractivity contribution in [3.05, 3.63) is 29.3 Å². The molecule has 0 bridgehead atoms. The molecule has 0 heterocycles. The Bertz CT molecular complexity index is 472. The number of carbonyl (C=O) groups excluding carboxylic acids is 1. The van der Waals surface area contributed by atoms with Gasteiger partial charge in [-0.1, -0.05) is 12.1 Å². The monoisotopic (exact) mass is 272 g/mol. The molecule has 1 aromatic carbocycles. The smallest absolute Gasteiger partial charge is 0.337 e. The number of hydrogen-bond acceptors (Lipinski definition) is 4. The van der Waals surface area contributed by atoms with Gasteiger partial charge in [-0.25, -0.2) is 4.79 Å². The fourth-order valence-corrected chi connectivity index (χ4v) is 1.79. The lowest BCUT2D eigenvalue weighted by Crippen LogP contribution is -2.16. The molecule has 0 amide bonds. The second-order valence-corrected chi connectivity index (χ2v) is 4.11. The first-order valence-electron chi connectivity index (χ1n) is 5.12. The summed E-state index contributed by atoms with van der Waals surface area (Å²) in [4.78, 5) is 22.2. The van der Waals surface area contributed by atoms with E-state index in [4.69, 9.17) is 21.4 Å². The molecule has 0 radical (unpaired) electrons. The van der Waals surface area contributed by atoms with Crippen LogP contribution in [-0.2, 0) is 9.59 Å². The number of Topliss-reactive ketones (excluding diaryl/α,β-unsaturated/α-hetero) is 1. The number of aliphatic carboxylic acids is 1. The van der Waals surface area contributed by atoms with Crippen LogP contribution in [0.1, 0.15) is 29.5 Å². The first kappa shape index (κ1) is 14.5. The summed E-state index contributed by atoms with van der Waals surface area (Å²) in [6.45, 7) is 1.29. The first-order valence-corrected chi connectivity index (χ1v) is 5.56.